The van der Waals surface area contributed by atoms with E-state index in [1.807, 2.05) is 49.4 Å². The third-order valence-electron chi connectivity index (χ3n) is 3.60. The van der Waals surface area contributed by atoms with Gasteiger partial charge < -0.3 is 10.6 Å². The Kier molecular flexibility index (Phi) is 5.92. The Morgan fingerprint density at radius 1 is 0.957 bits per heavy atom. The predicted molar refractivity (Wildman–Crippen MR) is 93.5 cm³/mol. The summed E-state index contributed by atoms with van der Waals surface area (Å²) in [7, 11) is 0. The lowest BCUT2D eigenvalue weighted by Crippen LogP contribution is -2.14. The quantitative estimate of drug-likeness (QED) is 0.849. The van der Waals surface area contributed by atoms with Gasteiger partial charge in [-0.15, -0.1) is 0 Å². The number of aryl methyl sites for hydroxylation is 2. The Bertz CT molecular complexity index is 681. The van der Waals surface area contributed by atoms with Crippen molar-refractivity contribution < 1.29 is 9.59 Å². The number of amides is 2. The number of carbonyl (C=O) groups is 2. The SMILES string of the molecule is CCC(=O)Nc1ccc(C)c(NC(=O)CCc2ccccc2)c1. The lowest BCUT2D eigenvalue weighted by molar-refractivity contribution is -0.116. The zero-order chi connectivity index (χ0) is 16.7. The molecule has 0 heterocycles. The highest BCUT2D eigenvalue weighted by atomic mass is 16.2. The van der Waals surface area contributed by atoms with E-state index in [2.05, 4.69) is 10.6 Å². The molecule has 0 saturated heterocycles. The van der Waals surface area contributed by atoms with Crippen LogP contribution in [0.4, 0.5) is 11.4 Å². The molecule has 2 aromatic carbocycles. The minimum absolute atomic E-state index is 0.0316. The van der Waals surface area contributed by atoms with Crippen molar-refractivity contribution in [3.05, 3.63) is 59.7 Å². The lowest BCUT2D eigenvalue weighted by atomic mass is 10.1. The molecule has 0 saturated carbocycles. The molecule has 4 heteroatoms. The number of benzene rings is 2. The van der Waals surface area contributed by atoms with Crippen molar-refractivity contribution in [1.29, 1.82) is 0 Å². The van der Waals surface area contributed by atoms with Crippen LogP contribution in [-0.2, 0) is 16.0 Å². The highest BCUT2D eigenvalue weighted by molar-refractivity contribution is 5.94. The molecular formula is C19H22N2O2. The zero-order valence-electron chi connectivity index (χ0n) is 13.6. The second-order valence-corrected chi connectivity index (χ2v) is 5.47. The summed E-state index contributed by atoms with van der Waals surface area (Å²) < 4.78 is 0. The molecular weight excluding hydrogens is 288 g/mol. The number of hydrogen-bond donors (Lipinski definition) is 2. The maximum atomic E-state index is 12.1. The van der Waals surface area contributed by atoms with Gasteiger partial charge in [-0.25, -0.2) is 0 Å². The van der Waals surface area contributed by atoms with Gasteiger partial charge in [-0.1, -0.05) is 43.3 Å². The highest BCUT2D eigenvalue weighted by Crippen LogP contribution is 2.21. The molecule has 0 aromatic heterocycles. The van der Waals surface area contributed by atoms with Gasteiger partial charge in [0, 0.05) is 24.2 Å². The maximum absolute atomic E-state index is 12.1. The van der Waals surface area contributed by atoms with E-state index in [0.29, 0.717) is 24.9 Å². The molecule has 120 valence electrons. The lowest BCUT2D eigenvalue weighted by Gasteiger charge is -2.11. The molecule has 0 spiro atoms. The van der Waals surface area contributed by atoms with Gasteiger partial charge in [0.1, 0.15) is 0 Å². The molecule has 0 aliphatic carbocycles. The van der Waals surface area contributed by atoms with Gasteiger partial charge in [-0.2, -0.15) is 0 Å². The van der Waals surface area contributed by atoms with Crippen molar-refractivity contribution in [2.75, 3.05) is 10.6 Å². The average molecular weight is 310 g/mol. The molecule has 0 aliphatic rings. The predicted octanol–water partition coefficient (Wildman–Crippen LogP) is 3.91. The fraction of sp³-hybridized carbons (Fsp3) is 0.263. The number of hydrogen-bond acceptors (Lipinski definition) is 2. The molecule has 4 nitrogen and oxygen atoms in total. The Hall–Kier alpha value is -2.62. The molecule has 2 rings (SSSR count). The van der Waals surface area contributed by atoms with Crippen LogP contribution >= 0.6 is 0 Å². The Balaban J connectivity index is 1.96. The van der Waals surface area contributed by atoms with Crippen molar-refractivity contribution in [3.8, 4) is 0 Å². The summed E-state index contributed by atoms with van der Waals surface area (Å²) in [6.45, 7) is 3.73. The van der Waals surface area contributed by atoms with E-state index in [1.165, 1.54) is 0 Å². The van der Waals surface area contributed by atoms with E-state index in [-0.39, 0.29) is 11.8 Å². The smallest absolute Gasteiger partial charge is 0.224 e. The highest BCUT2D eigenvalue weighted by Gasteiger charge is 2.07. The van der Waals surface area contributed by atoms with Crippen LogP contribution in [0.1, 0.15) is 30.9 Å². The molecule has 23 heavy (non-hydrogen) atoms. The van der Waals surface area contributed by atoms with Gasteiger partial charge >= 0.3 is 0 Å². The summed E-state index contributed by atoms with van der Waals surface area (Å²) in [4.78, 5) is 23.6. The largest absolute Gasteiger partial charge is 0.326 e. The summed E-state index contributed by atoms with van der Waals surface area (Å²) in [5.74, 6) is -0.0777. The van der Waals surface area contributed by atoms with Gasteiger partial charge in [0.2, 0.25) is 11.8 Å². The first kappa shape index (κ1) is 16.7. The van der Waals surface area contributed by atoms with Crippen LogP contribution in [0.25, 0.3) is 0 Å². The summed E-state index contributed by atoms with van der Waals surface area (Å²) >= 11 is 0. The molecule has 0 atom stereocenters. The van der Waals surface area contributed by atoms with Crippen molar-refractivity contribution >= 4 is 23.2 Å². The monoisotopic (exact) mass is 310 g/mol. The fourth-order valence-electron chi connectivity index (χ4n) is 2.20. The first-order valence-corrected chi connectivity index (χ1v) is 7.82. The third kappa shape index (κ3) is 5.25. The van der Waals surface area contributed by atoms with Gasteiger partial charge in [-0.3, -0.25) is 9.59 Å². The molecule has 0 bridgehead atoms. The van der Waals surface area contributed by atoms with Crippen LogP contribution in [-0.4, -0.2) is 11.8 Å². The minimum Gasteiger partial charge on any atom is -0.326 e. The van der Waals surface area contributed by atoms with E-state index in [9.17, 15) is 9.59 Å². The van der Waals surface area contributed by atoms with Gasteiger partial charge in [0.15, 0.2) is 0 Å². The second-order valence-electron chi connectivity index (χ2n) is 5.47. The third-order valence-corrected chi connectivity index (χ3v) is 3.60. The standard InChI is InChI=1S/C19H22N2O2/c1-3-18(22)20-16-11-9-14(2)17(13-16)21-19(23)12-10-15-7-5-4-6-8-15/h4-9,11,13H,3,10,12H2,1-2H3,(H,20,22)(H,21,23). The van der Waals surface area contributed by atoms with Crippen LogP contribution in [0.3, 0.4) is 0 Å². The van der Waals surface area contributed by atoms with E-state index in [0.717, 1.165) is 16.8 Å². The van der Waals surface area contributed by atoms with Crippen molar-refractivity contribution in [3.63, 3.8) is 0 Å². The molecule has 0 fully saturated rings. The summed E-state index contributed by atoms with van der Waals surface area (Å²) in [6, 6.07) is 15.4. The van der Waals surface area contributed by atoms with Crippen LogP contribution in [0, 0.1) is 6.92 Å². The van der Waals surface area contributed by atoms with E-state index < -0.39 is 0 Å². The molecule has 2 aromatic rings. The summed E-state index contributed by atoms with van der Waals surface area (Å²) in [6.07, 6.45) is 1.56. The molecule has 2 amide bonds. The van der Waals surface area contributed by atoms with Crippen molar-refractivity contribution in [1.82, 2.24) is 0 Å². The summed E-state index contributed by atoms with van der Waals surface area (Å²) in [5, 5.41) is 5.72. The number of carbonyl (C=O) groups excluding carboxylic acids is 2. The van der Waals surface area contributed by atoms with Crippen LogP contribution < -0.4 is 10.6 Å². The fourth-order valence-corrected chi connectivity index (χ4v) is 2.20. The molecule has 0 aliphatic heterocycles. The molecule has 0 radical (unpaired) electrons. The van der Waals surface area contributed by atoms with Gasteiger partial charge in [0.05, 0.1) is 0 Å². The van der Waals surface area contributed by atoms with Crippen molar-refractivity contribution in [2.24, 2.45) is 0 Å². The van der Waals surface area contributed by atoms with Gasteiger partial charge in [0.25, 0.3) is 0 Å². The average Bonchev–Trinajstić information content (AvgIpc) is 2.57. The van der Waals surface area contributed by atoms with E-state index in [4.69, 9.17) is 0 Å². The van der Waals surface area contributed by atoms with Crippen LogP contribution in [0.2, 0.25) is 0 Å². The number of rotatable bonds is 6. The van der Waals surface area contributed by atoms with Crippen LogP contribution in [0.5, 0.6) is 0 Å². The van der Waals surface area contributed by atoms with E-state index >= 15 is 0 Å². The Morgan fingerprint density at radius 3 is 2.39 bits per heavy atom. The first-order chi connectivity index (χ1) is 11.1. The number of nitrogens with one attached hydrogen (secondary N) is 2. The normalized spacial score (nSPS) is 10.2. The minimum atomic E-state index is -0.0461. The Morgan fingerprint density at radius 2 is 1.70 bits per heavy atom. The maximum Gasteiger partial charge on any atom is 0.224 e. The van der Waals surface area contributed by atoms with E-state index in [1.54, 1.807) is 13.0 Å². The van der Waals surface area contributed by atoms with Gasteiger partial charge in [-0.05, 0) is 36.6 Å². The first-order valence-electron chi connectivity index (χ1n) is 7.82. The Labute approximate surface area is 136 Å². The zero-order valence-corrected chi connectivity index (χ0v) is 13.6. The summed E-state index contributed by atoms with van der Waals surface area (Å²) in [5.41, 5.74) is 3.54. The van der Waals surface area contributed by atoms with Crippen LogP contribution in [0.15, 0.2) is 48.5 Å². The second kappa shape index (κ2) is 8.13. The topological polar surface area (TPSA) is 58.2 Å². The number of anilines is 2. The molecule has 0 unspecified atom stereocenters. The van der Waals surface area contributed by atoms with Crippen molar-refractivity contribution in [2.45, 2.75) is 33.1 Å². The molecule has 2 N–H and O–H groups in total.